The zero-order chi connectivity index (χ0) is 19.2. The summed E-state index contributed by atoms with van der Waals surface area (Å²) in [5, 5.41) is 0. The molecule has 0 atom stereocenters. The van der Waals surface area contributed by atoms with Gasteiger partial charge < -0.3 is 14.2 Å². The largest absolute Gasteiger partial charge is 0.493 e. The lowest BCUT2D eigenvalue weighted by Crippen LogP contribution is -2.10. The highest BCUT2D eigenvalue weighted by Gasteiger charge is 2.13. The normalized spacial score (nSPS) is 11.4. The molecule has 138 valence electrons. The maximum Gasteiger partial charge on any atom is 0.330 e. The van der Waals surface area contributed by atoms with Crippen molar-refractivity contribution in [1.82, 2.24) is 0 Å². The second kappa shape index (κ2) is 8.56. The van der Waals surface area contributed by atoms with Gasteiger partial charge in [0.25, 0.3) is 0 Å². The van der Waals surface area contributed by atoms with E-state index < -0.39 is 5.97 Å². The van der Waals surface area contributed by atoms with Crippen LogP contribution in [0.5, 0.6) is 11.5 Å². The Balaban J connectivity index is 2.07. The summed E-state index contributed by atoms with van der Waals surface area (Å²) in [4.78, 5) is 11.2. The third-order valence-corrected chi connectivity index (χ3v) is 4.02. The van der Waals surface area contributed by atoms with Gasteiger partial charge in [0.05, 0.1) is 14.2 Å². The van der Waals surface area contributed by atoms with Gasteiger partial charge in [0.15, 0.2) is 11.5 Å². The summed E-state index contributed by atoms with van der Waals surface area (Å²) in [5.41, 5.74) is 3.35. The highest BCUT2D eigenvalue weighted by molar-refractivity contribution is 5.87. The first-order valence-electron chi connectivity index (χ1n) is 8.50. The highest BCUT2D eigenvalue weighted by atomic mass is 16.5. The lowest BCUT2D eigenvalue weighted by molar-refractivity contribution is -0.134. The lowest BCUT2D eigenvalue weighted by atomic mass is 9.87. The van der Waals surface area contributed by atoms with E-state index >= 15 is 0 Å². The minimum Gasteiger partial charge on any atom is -0.493 e. The van der Waals surface area contributed by atoms with Gasteiger partial charge in [0, 0.05) is 6.08 Å². The highest BCUT2D eigenvalue weighted by Crippen LogP contribution is 2.29. The van der Waals surface area contributed by atoms with Gasteiger partial charge in [0.1, 0.15) is 6.61 Å². The molecular formula is C22H26O4. The molecule has 0 fully saturated rings. The summed E-state index contributed by atoms with van der Waals surface area (Å²) in [7, 11) is 2.94. The summed E-state index contributed by atoms with van der Waals surface area (Å²) >= 11 is 0. The molecule has 0 aliphatic carbocycles. The molecular weight excluding hydrogens is 328 g/mol. The molecule has 0 radical (unpaired) electrons. The summed E-state index contributed by atoms with van der Waals surface area (Å²) in [6.07, 6.45) is 3.04. The smallest absolute Gasteiger partial charge is 0.330 e. The van der Waals surface area contributed by atoms with Crippen LogP contribution < -0.4 is 9.47 Å². The number of esters is 1. The van der Waals surface area contributed by atoms with Gasteiger partial charge in [-0.3, -0.25) is 0 Å². The molecule has 2 rings (SSSR count). The van der Waals surface area contributed by atoms with Crippen molar-refractivity contribution in [2.75, 3.05) is 14.2 Å². The third kappa shape index (κ3) is 5.38. The molecule has 0 aliphatic rings. The molecule has 0 N–H and O–H groups in total. The van der Waals surface area contributed by atoms with Gasteiger partial charge in [0.2, 0.25) is 0 Å². The van der Waals surface area contributed by atoms with Crippen LogP contribution in [0.15, 0.2) is 48.5 Å². The van der Waals surface area contributed by atoms with Crippen molar-refractivity contribution >= 4 is 12.0 Å². The first-order chi connectivity index (χ1) is 12.3. The van der Waals surface area contributed by atoms with Gasteiger partial charge in [-0.2, -0.15) is 0 Å². The zero-order valence-electron chi connectivity index (χ0n) is 16.0. The number of hydrogen-bond donors (Lipinski definition) is 0. The maximum absolute atomic E-state index is 11.2. The van der Waals surface area contributed by atoms with Crippen molar-refractivity contribution in [3.05, 3.63) is 65.2 Å². The van der Waals surface area contributed by atoms with Crippen LogP contribution in [0, 0.1) is 0 Å². The van der Waals surface area contributed by atoms with Crippen LogP contribution in [0.25, 0.3) is 6.08 Å². The molecule has 26 heavy (non-hydrogen) atoms. The summed E-state index contributed by atoms with van der Waals surface area (Å²) in [5.74, 6) is 0.869. The second-order valence-corrected chi connectivity index (χ2v) is 7.00. The second-order valence-electron chi connectivity index (χ2n) is 7.00. The van der Waals surface area contributed by atoms with E-state index in [1.807, 2.05) is 18.2 Å². The van der Waals surface area contributed by atoms with E-state index in [1.54, 1.807) is 13.2 Å². The minimum atomic E-state index is -0.400. The predicted octanol–water partition coefficient (Wildman–Crippen LogP) is 4.76. The van der Waals surface area contributed by atoms with E-state index in [4.69, 9.17) is 9.47 Å². The van der Waals surface area contributed by atoms with E-state index in [9.17, 15) is 4.79 Å². The van der Waals surface area contributed by atoms with E-state index in [0.717, 1.165) is 11.1 Å². The fourth-order valence-corrected chi connectivity index (χ4v) is 2.40. The van der Waals surface area contributed by atoms with E-state index in [0.29, 0.717) is 18.1 Å². The molecule has 0 spiro atoms. The van der Waals surface area contributed by atoms with E-state index in [2.05, 4.69) is 49.8 Å². The summed E-state index contributed by atoms with van der Waals surface area (Å²) in [6.45, 7) is 7.04. The quantitative estimate of drug-likeness (QED) is 0.554. The minimum absolute atomic E-state index is 0.135. The molecule has 0 saturated heterocycles. The number of carbonyl (C=O) groups is 1. The van der Waals surface area contributed by atoms with Crippen molar-refractivity contribution in [3.8, 4) is 11.5 Å². The lowest BCUT2D eigenvalue weighted by Gasteiger charge is -2.19. The van der Waals surface area contributed by atoms with Crippen LogP contribution in [0.1, 0.15) is 37.5 Å². The van der Waals surface area contributed by atoms with Crippen LogP contribution in [0.4, 0.5) is 0 Å². The van der Waals surface area contributed by atoms with Crippen molar-refractivity contribution < 1.29 is 19.0 Å². The van der Waals surface area contributed by atoms with E-state index in [-0.39, 0.29) is 5.41 Å². The van der Waals surface area contributed by atoms with Crippen LogP contribution in [-0.2, 0) is 21.6 Å². The Labute approximate surface area is 155 Å². The Hall–Kier alpha value is -2.75. The Morgan fingerprint density at radius 2 is 1.69 bits per heavy atom. The number of benzene rings is 2. The zero-order valence-corrected chi connectivity index (χ0v) is 16.0. The first-order valence-corrected chi connectivity index (χ1v) is 8.50. The Bertz CT molecular complexity index is 768. The Morgan fingerprint density at radius 1 is 1.00 bits per heavy atom. The molecule has 0 amide bonds. The summed E-state index contributed by atoms with van der Waals surface area (Å²) in [6, 6.07) is 13.9. The molecule has 0 aromatic heterocycles. The topological polar surface area (TPSA) is 44.8 Å². The molecule has 0 aliphatic heterocycles. The van der Waals surface area contributed by atoms with Gasteiger partial charge in [-0.25, -0.2) is 4.79 Å². The van der Waals surface area contributed by atoms with E-state index in [1.165, 1.54) is 18.7 Å². The average Bonchev–Trinajstić information content (AvgIpc) is 2.64. The number of carbonyl (C=O) groups excluding carboxylic acids is 1. The molecule has 0 bridgehead atoms. The first kappa shape index (κ1) is 19.6. The van der Waals surface area contributed by atoms with Crippen molar-refractivity contribution in [2.45, 2.75) is 32.8 Å². The number of methoxy groups -OCH3 is 2. The molecule has 2 aromatic carbocycles. The van der Waals surface area contributed by atoms with Crippen molar-refractivity contribution in [2.24, 2.45) is 0 Å². The number of ether oxygens (including phenoxy) is 3. The monoisotopic (exact) mass is 354 g/mol. The van der Waals surface area contributed by atoms with Crippen LogP contribution in [0.3, 0.4) is 0 Å². The molecule has 4 heteroatoms. The SMILES string of the molecule is COC(=O)/C=C/c1ccc(OCc2ccc(C(C)(C)C)cc2)c(OC)c1. The van der Waals surface area contributed by atoms with Crippen molar-refractivity contribution in [1.29, 1.82) is 0 Å². The molecule has 0 heterocycles. The van der Waals surface area contributed by atoms with Gasteiger partial charge in [-0.1, -0.05) is 51.1 Å². The Kier molecular flexibility index (Phi) is 6.45. The number of rotatable bonds is 6. The predicted molar refractivity (Wildman–Crippen MR) is 104 cm³/mol. The molecule has 2 aromatic rings. The fourth-order valence-electron chi connectivity index (χ4n) is 2.40. The van der Waals surface area contributed by atoms with Crippen molar-refractivity contribution in [3.63, 3.8) is 0 Å². The van der Waals surface area contributed by atoms with Gasteiger partial charge >= 0.3 is 5.97 Å². The number of hydrogen-bond acceptors (Lipinski definition) is 4. The Morgan fingerprint density at radius 3 is 2.27 bits per heavy atom. The summed E-state index contributed by atoms with van der Waals surface area (Å²) < 4.78 is 15.9. The van der Waals surface area contributed by atoms with Gasteiger partial charge in [-0.15, -0.1) is 0 Å². The molecule has 4 nitrogen and oxygen atoms in total. The third-order valence-electron chi connectivity index (χ3n) is 4.02. The average molecular weight is 354 g/mol. The van der Waals surface area contributed by atoms with Gasteiger partial charge in [-0.05, 0) is 40.3 Å². The van der Waals surface area contributed by atoms with Crippen LogP contribution >= 0.6 is 0 Å². The molecule has 0 unspecified atom stereocenters. The fraction of sp³-hybridized carbons (Fsp3) is 0.318. The standard InChI is InChI=1S/C22H26O4/c1-22(2,3)18-10-6-17(7-11-18)15-26-19-12-8-16(14-20(19)24-4)9-13-21(23)25-5/h6-14H,15H2,1-5H3/b13-9+. The van der Waals surface area contributed by atoms with Crippen LogP contribution in [0.2, 0.25) is 0 Å². The van der Waals surface area contributed by atoms with Crippen LogP contribution in [-0.4, -0.2) is 20.2 Å². The molecule has 0 saturated carbocycles. The maximum atomic E-state index is 11.2.